The van der Waals surface area contributed by atoms with Crippen molar-refractivity contribution < 1.29 is 27.9 Å². The van der Waals surface area contributed by atoms with Crippen molar-refractivity contribution in [2.45, 2.75) is 50.9 Å². The Bertz CT molecular complexity index is 391. The van der Waals surface area contributed by atoms with E-state index in [1.807, 2.05) is 0 Å². The second-order valence-corrected chi connectivity index (χ2v) is 5.50. The summed E-state index contributed by atoms with van der Waals surface area (Å²) in [7, 11) is 0. The zero-order valence-electron chi connectivity index (χ0n) is 10.9. The molecule has 0 spiro atoms. The highest BCUT2D eigenvalue weighted by Gasteiger charge is 2.58. The Labute approximate surface area is 108 Å². The minimum atomic E-state index is -5.08. The molecule has 8 heteroatoms. The molecule has 1 unspecified atom stereocenters. The van der Waals surface area contributed by atoms with Crippen LogP contribution in [0.25, 0.3) is 0 Å². The number of carbonyl (C=O) groups excluding carboxylic acids is 1. The van der Waals surface area contributed by atoms with Crippen molar-refractivity contribution in [3.05, 3.63) is 0 Å². The van der Waals surface area contributed by atoms with Gasteiger partial charge in [-0.2, -0.15) is 13.2 Å². The second kappa shape index (κ2) is 4.57. The van der Waals surface area contributed by atoms with Crippen LogP contribution in [0.2, 0.25) is 0 Å². The molecule has 0 aromatic carbocycles. The molecule has 0 aliphatic heterocycles. The third-order valence-electron chi connectivity index (χ3n) is 3.39. The molecule has 0 bridgehead atoms. The maximum Gasteiger partial charge on any atom is 0.422 e. The number of carboxylic acid groups (broad SMARTS) is 1. The first kappa shape index (κ1) is 15.6. The highest BCUT2D eigenvalue weighted by Crippen LogP contribution is 2.39. The molecule has 19 heavy (non-hydrogen) atoms. The van der Waals surface area contributed by atoms with Crippen molar-refractivity contribution in [3.63, 3.8) is 0 Å². The second-order valence-electron chi connectivity index (χ2n) is 5.50. The Morgan fingerprint density at radius 3 is 1.89 bits per heavy atom. The van der Waals surface area contributed by atoms with E-state index >= 15 is 0 Å². The Hall–Kier alpha value is -1.47. The van der Waals surface area contributed by atoms with E-state index in [-0.39, 0.29) is 5.92 Å². The predicted octanol–water partition coefficient (Wildman–Crippen LogP) is 1.88. The highest BCUT2D eigenvalue weighted by molar-refractivity contribution is 5.87. The molecule has 0 aromatic rings. The van der Waals surface area contributed by atoms with Crippen LogP contribution in [0.5, 0.6) is 0 Å². The lowest BCUT2D eigenvalue weighted by atomic mass is 9.98. The average molecular weight is 282 g/mol. The number of alkyl halides is 3. The molecule has 0 heterocycles. The van der Waals surface area contributed by atoms with E-state index in [9.17, 15) is 22.8 Å². The third kappa shape index (κ3) is 3.30. The van der Waals surface area contributed by atoms with Gasteiger partial charge in [-0.1, -0.05) is 0 Å². The molecule has 3 N–H and O–H groups in total. The minimum absolute atomic E-state index is 0.209. The number of aliphatic carboxylic acids is 1. The van der Waals surface area contributed by atoms with Crippen LogP contribution in [-0.4, -0.2) is 34.4 Å². The molecule has 0 radical (unpaired) electrons. The van der Waals surface area contributed by atoms with Crippen LogP contribution >= 0.6 is 0 Å². The van der Waals surface area contributed by atoms with Crippen LogP contribution in [0.4, 0.5) is 18.0 Å². The number of carbonyl (C=O) groups is 2. The molecule has 0 saturated heterocycles. The topological polar surface area (TPSA) is 78.4 Å². The largest absolute Gasteiger partial charge is 0.479 e. The first-order valence-corrected chi connectivity index (χ1v) is 5.80. The van der Waals surface area contributed by atoms with Gasteiger partial charge in [0.15, 0.2) is 0 Å². The summed E-state index contributed by atoms with van der Waals surface area (Å²) in [5.74, 6) is -1.94. The van der Waals surface area contributed by atoms with Crippen molar-refractivity contribution in [2.24, 2.45) is 5.92 Å². The van der Waals surface area contributed by atoms with Gasteiger partial charge in [0, 0.05) is 5.54 Å². The molecule has 5 nitrogen and oxygen atoms in total. The Morgan fingerprint density at radius 2 is 1.58 bits per heavy atom. The van der Waals surface area contributed by atoms with Crippen molar-refractivity contribution in [3.8, 4) is 0 Å². The van der Waals surface area contributed by atoms with E-state index in [4.69, 9.17) is 5.11 Å². The number of hydrogen-bond donors (Lipinski definition) is 3. The van der Waals surface area contributed by atoms with E-state index in [1.54, 1.807) is 13.8 Å². The highest BCUT2D eigenvalue weighted by atomic mass is 19.4. The van der Waals surface area contributed by atoms with Gasteiger partial charge in [-0.25, -0.2) is 9.59 Å². The number of halogens is 3. The van der Waals surface area contributed by atoms with Crippen LogP contribution in [0.1, 0.15) is 33.6 Å². The first-order valence-electron chi connectivity index (χ1n) is 5.80. The van der Waals surface area contributed by atoms with Crippen LogP contribution in [0, 0.1) is 5.92 Å². The predicted molar refractivity (Wildman–Crippen MR) is 60.6 cm³/mol. The summed E-state index contributed by atoms with van der Waals surface area (Å²) in [6.45, 7) is 3.80. The maximum absolute atomic E-state index is 12.7. The molecular formula is C11H17F3N2O3. The molecule has 110 valence electrons. The number of amides is 2. The number of hydrogen-bond acceptors (Lipinski definition) is 2. The number of carboxylic acids is 1. The fourth-order valence-electron chi connectivity index (χ4n) is 1.70. The molecule has 1 rings (SSSR count). The quantitative estimate of drug-likeness (QED) is 0.736. The zero-order valence-corrected chi connectivity index (χ0v) is 10.9. The fourth-order valence-corrected chi connectivity index (χ4v) is 1.70. The molecular weight excluding hydrogens is 265 g/mol. The van der Waals surface area contributed by atoms with E-state index in [2.05, 4.69) is 5.32 Å². The van der Waals surface area contributed by atoms with Gasteiger partial charge in [0.2, 0.25) is 5.54 Å². The van der Waals surface area contributed by atoms with Gasteiger partial charge < -0.3 is 15.7 Å². The monoisotopic (exact) mass is 282 g/mol. The Balaban J connectivity index is 2.75. The number of nitrogens with one attached hydrogen (secondary N) is 2. The third-order valence-corrected chi connectivity index (χ3v) is 3.39. The lowest BCUT2D eigenvalue weighted by Gasteiger charge is -2.32. The van der Waals surface area contributed by atoms with E-state index < -0.39 is 29.3 Å². The molecule has 0 aromatic heterocycles. The number of rotatable bonds is 4. The van der Waals surface area contributed by atoms with Crippen molar-refractivity contribution >= 4 is 12.0 Å². The molecule has 1 saturated carbocycles. The normalized spacial score (nSPS) is 19.5. The smallest absolute Gasteiger partial charge is 0.422 e. The Kier molecular flexibility index (Phi) is 3.75. The van der Waals surface area contributed by atoms with Crippen molar-refractivity contribution in [1.29, 1.82) is 0 Å². The van der Waals surface area contributed by atoms with Crippen molar-refractivity contribution in [2.75, 3.05) is 0 Å². The average Bonchev–Trinajstić information content (AvgIpc) is 2.96. The van der Waals surface area contributed by atoms with Crippen LogP contribution < -0.4 is 10.6 Å². The molecule has 1 aliphatic rings. The summed E-state index contributed by atoms with van der Waals surface area (Å²) in [5.41, 5.74) is -3.97. The zero-order chi connectivity index (χ0) is 15.1. The summed E-state index contributed by atoms with van der Waals surface area (Å²) >= 11 is 0. The summed E-state index contributed by atoms with van der Waals surface area (Å²) in [5, 5.41) is 12.6. The fraction of sp³-hybridized carbons (Fsp3) is 0.818. The Morgan fingerprint density at radius 1 is 1.11 bits per heavy atom. The molecule has 1 aliphatic carbocycles. The van der Waals surface area contributed by atoms with Gasteiger partial charge in [0.1, 0.15) is 0 Å². The van der Waals surface area contributed by atoms with E-state index in [0.717, 1.165) is 12.8 Å². The van der Waals surface area contributed by atoms with Gasteiger partial charge in [-0.05, 0) is 39.5 Å². The maximum atomic E-state index is 12.7. The standard InChI is InChI=1S/C11H17F3N2O3/c1-9(2,6-4-5-6)15-8(19)16-10(3,7(17)18)11(12,13)14/h6H,4-5H2,1-3H3,(H,17,18)(H2,15,16,19). The molecule has 2 amide bonds. The van der Waals surface area contributed by atoms with E-state index in [0.29, 0.717) is 6.92 Å². The van der Waals surface area contributed by atoms with Gasteiger partial charge in [0.05, 0.1) is 0 Å². The number of urea groups is 1. The van der Waals surface area contributed by atoms with Crippen LogP contribution in [0.15, 0.2) is 0 Å². The molecule has 1 atom stereocenters. The van der Waals surface area contributed by atoms with Gasteiger partial charge in [-0.3, -0.25) is 0 Å². The summed E-state index contributed by atoms with van der Waals surface area (Å²) in [4.78, 5) is 22.3. The van der Waals surface area contributed by atoms with Crippen LogP contribution in [-0.2, 0) is 4.79 Å². The van der Waals surface area contributed by atoms with Crippen molar-refractivity contribution in [1.82, 2.24) is 10.6 Å². The van der Waals surface area contributed by atoms with E-state index in [1.165, 1.54) is 5.32 Å². The lowest BCUT2D eigenvalue weighted by Crippen LogP contribution is -2.65. The van der Waals surface area contributed by atoms with Gasteiger partial charge in [-0.15, -0.1) is 0 Å². The lowest BCUT2D eigenvalue weighted by molar-refractivity contribution is -0.203. The van der Waals surface area contributed by atoms with Gasteiger partial charge >= 0.3 is 18.2 Å². The van der Waals surface area contributed by atoms with Crippen LogP contribution in [0.3, 0.4) is 0 Å². The SMILES string of the molecule is CC(C)(NC(=O)NC(C)(C(=O)O)C(F)(F)F)C1CC1. The van der Waals surface area contributed by atoms with Gasteiger partial charge in [0.25, 0.3) is 0 Å². The summed E-state index contributed by atoms with van der Waals surface area (Å²) in [6, 6.07) is -1.14. The first-order chi connectivity index (χ1) is 8.40. The molecule has 1 fully saturated rings. The summed E-state index contributed by atoms with van der Waals surface area (Å²) < 4.78 is 38.1. The minimum Gasteiger partial charge on any atom is -0.479 e. The summed E-state index contributed by atoms with van der Waals surface area (Å²) in [6.07, 6.45) is -3.30.